The van der Waals surface area contributed by atoms with Gasteiger partial charge in [0.15, 0.2) is 5.96 Å². The largest absolute Gasteiger partial charge is 0.370 e. The molecule has 78 valence electrons. The second kappa shape index (κ2) is 5.96. The molecule has 0 aliphatic heterocycles. The van der Waals surface area contributed by atoms with Gasteiger partial charge in [0.1, 0.15) is 0 Å². The molecule has 5 heteroatoms. The van der Waals surface area contributed by atoms with Gasteiger partial charge in [-0.2, -0.15) is 0 Å². The highest BCUT2D eigenvalue weighted by molar-refractivity contribution is 7.84. The van der Waals surface area contributed by atoms with Crippen molar-refractivity contribution in [2.24, 2.45) is 10.7 Å². The van der Waals surface area contributed by atoms with Crippen molar-refractivity contribution in [1.29, 1.82) is 0 Å². The monoisotopic (exact) mass is 205 g/mol. The van der Waals surface area contributed by atoms with E-state index in [0.717, 1.165) is 0 Å². The molecule has 4 nitrogen and oxygen atoms in total. The molecule has 0 aliphatic carbocycles. The summed E-state index contributed by atoms with van der Waals surface area (Å²) in [7, 11) is -0.830. The van der Waals surface area contributed by atoms with E-state index in [1.807, 2.05) is 20.8 Å². The number of nitrogens with two attached hydrogens (primary N) is 1. The summed E-state index contributed by atoms with van der Waals surface area (Å²) in [4.78, 5) is 4.08. The maximum Gasteiger partial charge on any atom is 0.188 e. The molecule has 3 N–H and O–H groups in total. The third-order valence-corrected chi connectivity index (χ3v) is 2.80. The highest BCUT2D eigenvalue weighted by Gasteiger charge is 2.04. The molecule has 0 saturated heterocycles. The van der Waals surface area contributed by atoms with E-state index in [9.17, 15) is 4.21 Å². The molecule has 0 rings (SSSR count). The molecule has 0 bridgehead atoms. The van der Waals surface area contributed by atoms with Gasteiger partial charge >= 0.3 is 0 Å². The molecule has 0 saturated carbocycles. The van der Waals surface area contributed by atoms with E-state index in [0.29, 0.717) is 12.5 Å². The van der Waals surface area contributed by atoms with Crippen molar-refractivity contribution in [2.75, 3.05) is 12.8 Å². The lowest BCUT2D eigenvalue weighted by atomic mass is 10.4. The van der Waals surface area contributed by atoms with Gasteiger partial charge in [0.05, 0.1) is 11.8 Å². The van der Waals surface area contributed by atoms with Crippen LogP contribution in [0.4, 0.5) is 0 Å². The second-order valence-corrected chi connectivity index (χ2v) is 5.14. The first-order valence-corrected chi connectivity index (χ1v) is 5.94. The SMILES string of the molecule is CC(C)NC(N)=NCC(C)S(C)=O. The Kier molecular flexibility index (Phi) is 5.70. The number of nitrogens with zero attached hydrogens (tertiary/aromatic N) is 1. The van der Waals surface area contributed by atoms with Crippen molar-refractivity contribution in [3.8, 4) is 0 Å². The van der Waals surface area contributed by atoms with E-state index in [-0.39, 0.29) is 11.3 Å². The summed E-state index contributed by atoms with van der Waals surface area (Å²) < 4.78 is 11.0. The quantitative estimate of drug-likeness (QED) is 0.504. The van der Waals surface area contributed by atoms with Gasteiger partial charge in [0.2, 0.25) is 0 Å². The van der Waals surface area contributed by atoms with Crippen molar-refractivity contribution >= 4 is 16.8 Å². The van der Waals surface area contributed by atoms with E-state index in [4.69, 9.17) is 5.73 Å². The molecule has 0 radical (unpaired) electrons. The average molecular weight is 205 g/mol. The first-order chi connectivity index (χ1) is 5.93. The summed E-state index contributed by atoms with van der Waals surface area (Å²) in [5, 5.41) is 3.03. The van der Waals surface area contributed by atoms with E-state index in [1.54, 1.807) is 6.26 Å². The summed E-state index contributed by atoms with van der Waals surface area (Å²) in [6, 6.07) is 0.284. The minimum atomic E-state index is -0.830. The Hall–Kier alpha value is -0.580. The molecule has 0 aliphatic rings. The fourth-order valence-electron chi connectivity index (χ4n) is 0.673. The molecule has 0 aromatic rings. The summed E-state index contributed by atoms with van der Waals surface area (Å²) in [6.07, 6.45) is 1.67. The fraction of sp³-hybridized carbons (Fsp3) is 0.875. The standard InChI is InChI=1S/C8H19N3OS/c1-6(2)11-8(9)10-5-7(3)13(4)12/h6-7H,5H2,1-4H3,(H3,9,10,11). The predicted octanol–water partition coefficient (Wildman–Crippen LogP) is 0.0661. The number of rotatable bonds is 4. The van der Waals surface area contributed by atoms with Crippen LogP contribution in [-0.4, -0.2) is 34.3 Å². The van der Waals surface area contributed by atoms with E-state index in [2.05, 4.69) is 10.3 Å². The highest BCUT2D eigenvalue weighted by Crippen LogP contribution is 1.92. The van der Waals surface area contributed by atoms with Gasteiger partial charge in [-0.05, 0) is 20.8 Å². The van der Waals surface area contributed by atoms with E-state index in [1.165, 1.54) is 0 Å². The fourth-order valence-corrected chi connectivity index (χ4v) is 0.958. The lowest BCUT2D eigenvalue weighted by Gasteiger charge is -2.09. The molecule has 0 heterocycles. The molecule has 0 aromatic carbocycles. The van der Waals surface area contributed by atoms with Gasteiger partial charge in [0.25, 0.3) is 0 Å². The van der Waals surface area contributed by atoms with Crippen LogP contribution < -0.4 is 11.1 Å². The Balaban J connectivity index is 3.89. The van der Waals surface area contributed by atoms with Crippen molar-refractivity contribution in [2.45, 2.75) is 32.1 Å². The van der Waals surface area contributed by atoms with Crippen LogP contribution in [0, 0.1) is 0 Å². The number of hydrogen-bond acceptors (Lipinski definition) is 2. The van der Waals surface area contributed by atoms with Crippen molar-refractivity contribution < 1.29 is 4.21 Å². The third kappa shape index (κ3) is 6.57. The van der Waals surface area contributed by atoms with Crippen molar-refractivity contribution in [1.82, 2.24) is 5.32 Å². The van der Waals surface area contributed by atoms with Crippen molar-refractivity contribution in [3.05, 3.63) is 0 Å². The van der Waals surface area contributed by atoms with Crippen LogP contribution >= 0.6 is 0 Å². The third-order valence-electron chi connectivity index (χ3n) is 1.52. The molecule has 0 fully saturated rings. The number of nitrogens with one attached hydrogen (secondary N) is 1. The molecule has 2 atom stereocenters. The van der Waals surface area contributed by atoms with E-state index < -0.39 is 10.8 Å². The summed E-state index contributed by atoms with van der Waals surface area (Å²) in [5.74, 6) is 0.423. The van der Waals surface area contributed by atoms with Crippen LogP contribution in [-0.2, 0) is 10.8 Å². The Morgan fingerprint density at radius 2 is 2.08 bits per heavy atom. The Labute approximate surface area is 82.5 Å². The first-order valence-electron chi connectivity index (χ1n) is 4.32. The van der Waals surface area contributed by atoms with Gasteiger partial charge in [-0.15, -0.1) is 0 Å². The molecule has 13 heavy (non-hydrogen) atoms. The number of guanidine groups is 1. The molecule has 0 spiro atoms. The highest BCUT2D eigenvalue weighted by atomic mass is 32.2. The zero-order valence-electron chi connectivity index (χ0n) is 8.70. The maximum absolute atomic E-state index is 11.0. The lowest BCUT2D eigenvalue weighted by Crippen LogP contribution is -2.37. The van der Waals surface area contributed by atoms with E-state index >= 15 is 0 Å². The predicted molar refractivity (Wildman–Crippen MR) is 58.3 cm³/mol. The van der Waals surface area contributed by atoms with Crippen LogP contribution in [0.25, 0.3) is 0 Å². The Morgan fingerprint density at radius 1 is 1.54 bits per heavy atom. The van der Waals surface area contributed by atoms with Crippen LogP contribution in [0.1, 0.15) is 20.8 Å². The summed E-state index contributed by atoms with van der Waals surface area (Å²) in [6.45, 7) is 6.38. The second-order valence-electron chi connectivity index (χ2n) is 3.33. The number of aliphatic imine (C=N–C) groups is 1. The average Bonchev–Trinajstić information content (AvgIpc) is 1.98. The zero-order valence-corrected chi connectivity index (χ0v) is 9.52. The van der Waals surface area contributed by atoms with Gasteiger partial charge in [-0.1, -0.05) is 0 Å². The smallest absolute Gasteiger partial charge is 0.188 e. The maximum atomic E-state index is 11.0. The summed E-state index contributed by atoms with van der Waals surface area (Å²) >= 11 is 0. The topological polar surface area (TPSA) is 67.5 Å². The first kappa shape index (κ1) is 12.4. The summed E-state index contributed by atoms with van der Waals surface area (Å²) in [5.41, 5.74) is 5.56. The lowest BCUT2D eigenvalue weighted by molar-refractivity contribution is 0.676. The zero-order chi connectivity index (χ0) is 10.4. The molecule has 0 aromatic heterocycles. The van der Waals surface area contributed by atoms with Crippen LogP contribution in [0.15, 0.2) is 4.99 Å². The minimum absolute atomic E-state index is 0.0625. The molecule has 0 amide bonds. The Bertz CT molecular complexity index is 204. The van der Waals surface area contributed by atoms with Crippen LogP contribution in [0.5, 0.6) is 0 Å². The van der Waals surface area contributed by atoms with Gasteiger partial charge in [-0.25, -0.2) is 0 Å². The molecule has 2 unspecified atom stereocenters. The van der Waals surface area contributed by atoms with Crippen molar-refractivity contribution in [3.63, 3.8) is 0 Å². The normalized spacial score (nSPS) is 17.2. The number of hydrogen-bond donors (Lipinski definition) is 2. The van der Waals surface area contributed by atoms with Crippen LogP contribution in [0.2, 0.25) is 0 Å². The molecular weight excluding hydrogens is 186 g/mol. The molecular formula is C8H19N3OS. The van der Waals surface area contributed by atoms with Gasteiger partial charge in [0, 0.05) is 23.1 Å². The minimum Gasteiger partial charge on any atom is -0.370 e. The Morgan fingerprint density at radius 3 is 2.46 bits per heavy atom. The van der Waals surface area contributed by atoms with Crippen LogP contribution in [0.3, 0.4) is 0 Å². The van der Waals surface area contributed by atoms with Gasteiger partial charge in [-0.3, -0.25) is 9.20 Å². The van der Waals surface area contributed by atoms with Gasteiger partial charge < -0.3 is 11.1 Å².